The Labute approximate surface area is 143 Å². The van der Waals surface area contributed by atoms with Crippen molar-refractivity contribution in [2.45, 2.75) is 39.2 Å². The lowest BCUT2D eigenvalue weighted by Crippen LogP contribution is -2.41. The van der Waals surface area contributed by atoms with Crippen LogP contribution in [0.3, 0.4) is 0 Å². The van der Waals surface area contributed by atoms with Gasteiger partial charge in [0.2, 0.25) is 5.91 Å². The summed E-state index contributed by atoms with van der Waals surface area (Å²) < 4.78 is 3.80. The van der Waals surface area contributed by atoms with Crippen LogP contribution >= 0.6 is 11.3 Å². The van der Waals surface area contributed by atoms with Gasteiger partial charge in [0.25, 0.3) is 0 Å². The van der Waals surface area contributed by atoms with Crippen molar-refractivity contribution < 1.29 is 4.79 Å². The van der Waals surface area contributed by atoms with Crippen LogP contribution in [0, 0.1) is 13.8 Å². The molecule has 4 heterocycles. The normalized spacial score (nSPS) is 18.4. The van der Waals surface area contributed by atoms with Crippen LogP contribution in [-0.2, 0) is 11.3 Å². The highest BCUT2D eigenvalue weighted by Gasteiger charge is 2.28. The molecule has 24 heavy (non-hydrogen) atoms. The predicted octanol–water partition coefficient (Wildman–Crippen LogP) is 2.01. The van der Waals surface area contributed by atoms with Gasteiger partial charge in [-0.15, -0.1) is 11.3 Å². The van der Waals surface area contributed by atoms with Gasteiger partial charge in [0.05, 0.1) is 5.69 Å². The van der Waals surface area contributed by atoms with E-state index in [0.29, 0.717) is 5.92 Å². The van der Waals surface area contributed by atoms with Gasteiger partial charge in [-0.25, -0.2) is 14.6 Å². The largest absolute Gasteiger partial charge is 0.340 e. The van der Waals surface area contributed by atoms with Crippen molar-refractivity contribution in [3.63, 3.8) is 0 Å². The lowest BCUT2D eigenvalue weighted by molar-refractivity contribution is -0.133. The Morgan fingerprint density at radius 2 is 2.29 bits per heavy atom. The number of likely N-dealkylation sites (tertiary alicyclic amines) is 1. The Kier molecular flexibility index (Phi) is 3.84. The molecule has 0 unspecified atom stereocenters. The third-order valence-corrected chi connectivity index (χ3v) is 5.72. The molecular weight excluding hydrogens is 324 g/mol. The van der Waals surface area contributed by atoms with Gasteiger partial charge in [0.1, 0.15) is 29.9 Å². The molecule has 3 aromatic rings. The summed E-state index contributed by atoms with van der Waals surface area (Å²) in [4.78, 5) is 24.4. The molecule has 1 aliphatic heterocycles. The maximum Gasteiger partial charge on any atom is 0.244 e. The third-order valence-electron chi connectivity index (χ3n) is 4.65. The Hall–Kier alpha value is -2.22. The fraction of sp³-hybridized carbons (Fsp3) is 0.500. The molecule has 1 aliphatic rings. The van der Waals surface area contributed by atoms with Gasteiger partial charge < -0.3 is 4.90 Å². The van der Waals surface area contributed by atoms with Gasteiger partial charge in [-0.2, -0.15) is 5.10 Å². The van der Waals surface area contributed by atoms with Crippen LogP contribution < -0.4 is 0 Å². The van der Waals surface area contributed by atoms with E-state index in [0.717, 1.165) is 37.4 Å². The van der Waals surface area contributed by atoms with Crippen LogP contribution in [-0.4, -0.2) is 48.0 Å². The number of imidazole rings is 1. The standard InChI is InChI=1S/C16H20N6OS/c1-11-8-24-16-15(19-12(2)22(11)16)13-4-3-5-20(6-13)14(23)7-21-10-17-9-18-21/h8-10,13H,3-7H2,1-2H3/t13-/m0/s1. The molecular formula is C16H20N6OS. The molecule has 1 atom stereocenters. The summed E-state index contributed by atoms with van der Waals surface area (Å²) in [5, 5.41) is 6.19. The first-order chi connectivity index (χ1) is 11.6. The summed E-state index contributed by atoms with van der Waals surface area (Å²) in [6.07, 6.45) is 5.12. The van der Waals surface area contributed by atoms with Crippen molar-refractivity contribution >= 4 is 22.1 Å². The predicted molar refractivity (Wildman–Crippen MR) is 91.1 cm³/mol. The minimum absolute atomic E-state index is 0.0970. The van der Waals surface area contributed by atoms with E-state index in [4.69, 9.17) is 4.98 Å². The minimum atomic E-state index is 0.0970. The minimum Gasteiger partial charge on any atom is -0.340 e. The van der Waals surface area contributed by atoms with E-state index in [2.05, 4.69) is 26.8 Å². The quantitative estimate of drug-likeness (QED) is 0.729. The van der Waals surface area contributed by atoms with Crippen LogP contribution in [0.4, 0.5) is 0 Å². The first-order valence-electron chi connectivity index (χ1n) is 8.16. The van der Waals surface area contributed by atoms with Crippen LogP contribution in [0.5, 0.6) is 0 Å². The van der Waals surface area contributed by atoms with E-state index in [-0.39, 0.29) is 12.5 Å². The van der Waals surface area contributed by atoms with Crippen molar-refractivity contribution in [3.8, 4) is 0 Å². The van der Waals surface area contributed by atoms with E-state index in [1.807, 2.05) is 11.8 Å². The lowest BCUT2D eigenvalue weighted by Gasteiger charge is -2.32. The van der Waals surface area contributed by atoms with Crippen molar-refractivity contribution in [1.29, 1.82) is 0 Å². The molecule has 0 aromatic carbocycles. The molecule has 0 bridgehead atoms. The SMILES string of the molecule is Cc1csc2c([C@H]3CCCN(C(=O)Cn4cncn4)C3)nc(C)n12. The topological polar surface area (TPSA) is 68.3 Å². The second kappa shape index (κ2) is 6.01. The van der Waals surface area contributed by atoms with E-state index in [1.165, 1.54) is 16.9 Å². The highest BCUT2D eigenvalue weighted by atomic mass is 32.1. The molecule has 0 N–H and O–H groups in total. The number of thiazole rings is 1. The highest BCUT2D eigenvalue weighted by Crippen LogP contribution is 2.33. The molecule has 1 fully saturated rings. The average molecular weight is 344 g/mol. The van der Waals surface area contributed by atoms with Gasteiger partial charge in [0.15, 0.2) is 0 Å². The first-order valence-corrected chi connectivity index (χ1v) is 9.04. The number of nitrogens with zero attached hydrogens (tertiary/aromatic N) is 6. The number of carbonyl (C=O) groups is 1. The molecule has 1 saturated heterocycles. The molecule has 126 valence electrons. The van der Waals surface area contributed by atoms with E-state index in [9.17, 15) is 4.79 Å². The number of fused-ring (bicyclic) bond motifs is 1. The van der Waals surface area contributed by atoms with Crippen molar-refractivity contribution in [3.05, 3.63) is 35.2 Å². The Bertz CT molecular complexity index is 865. The molecule has 8 heteroatoms. The smallest absolute Gasteiger partial charge is 0.244 e. The van der Waals surface area contributed by atoms with Gasteiger partial charge in [-0.3, -0.25) is 9.20 Å². The Morgan fingerprint density at radius 3 is 3.08 bits per heavy atom. The third kappa shape index (κ3) is 2.60. The van der Waals surface area contributed by atoms with Crippen LogP contribution in [0.2, 0.25) is 0 Å². The van der Waals surface area contributed by atoms with Crippen LogP contribution in [0.25, 0.3) is 4.83 Å². The molecule has 1 amide bonds. The zero-order valence-corrected chi connectivity index (χ0v) is 14.7. The van der Waals surface area contributed by atoms with E-state index < -0.39 is 0 Å². The maximum absolute atomic E-state index is 12.5. The fourth-order valence-corrected chi connectivity index (χ4v) is 4.60. The Balaban J connectivity index is 1.55. The lowest BCUT2D eigenvalue weighted by atomic mass is 9.95. The zero-order chi connectivity index (χ0) is 16.7. The zero-order valence-electron chi connectivity index (χ0n) is 13.8. The average Bonchev–Trinajstić information content (AvgIpc) is 3.28. The summed E-state index contributed by atoms with van der Waals surface area (Å²) in [5.74, 6) is 1.43. The van der Waals surface area contributed by atoms with E-state index >= 15 is 0 Å². The number of carbonyl (C=O) groups excluding carboxylic acids is 1. The number of aryl methyl sites for hydroxylation is 2. The highest BCUT2D eigenvalue weighted by molar-refractivity contribution is 7.15. The van der Waals surface area contributed by atoms with Crippen LogP contribution in [0.1, 0.15) is 36.0 Å². The monoisotopic (exact) mass is 344 g/mol. The number of hydrogen-bond donors (Lipinski definition) is 0. The summed E-state index contributed by atoms with van der Waals surface area (Å²) in [6.45, 7) is 5.95. The molecule has 0 spiro atoms. The summed E-state index contributed by atoms with van der Waals surface area (Å²) >= 11 is 1.74. The molecule has 0 saturated carbocycles. The van der Waals surface area contributed by atoms with Gasteiger partial charge in [-0.05, 0) is 26.7 Å². The molecule has 4 rings (SSSR count). The van der Waals surface area contributed by atoms with Crippen molar-refractivity contribution in [1.82, 2.24) is 29.0 Å². The van der Waals surface area contributed by atoms with Crippen LogP contribution in [0.15, 0.2) is 18.0 Å². The van der Waals surface area contributed by atoms with Gasteiger partial charge in [-0.1, -0.05) is 0 Å². The maximum atomic E-state index is 12.5. The fourth-order valence-electron chi connectivity index (χ4n) is 3.50. The summed E-state index contributed by atoms with van der Waals surface area (Å²) in [6, 6.07) is 0. The van der Waals surface area contributed by atoms with Gasteiger partial charge in [0, 0.05) is 30.1 Å². The summed E-state index contributed by atoms with van der Waals surface area (Å²) in [5.41, 5.74) is 2.37. The second-order valence-electron chi connectivity index (χ2n) is 6.33. The summed E-state index contributed by atoms with van der Waals surface area (Å²) in [7, 11) is 0. The number of piperidine rings is 1. The van der Waals surface area contributed by atoms with Crippen molar-refractivity contribution in [2.75, 3.05) is 13.1 Å². The first kappa shape index (κ1) is 15.3. The molecule has 3 aromatic heterocycles. The number of amides is 1. The Morgan fingerprint density at radius 1 is 1.42 bits per heavy atom. The van der Waals surface area contributed by atoms with Gasteiger partial charge >= 0.3 is 0 Å². The molecule has 0 radical (unpaired) electrons. The number of rotatable bonds is 3. The van der Waals surface area contributed by atoms with E-state index in [1.54, 1.807) is 22.3 Å². The number of hydrogen-bond acceptors (Lipinski definition) is 5. The van der Waals surface area contributed by atoms with Crippen molar-refractivity contribution in [2.24, 2.45) is 0 Å². The molecule has 0 aliphatic carbocycles. The number of aromatic nitrogens is 5. The molecule has 7 nitrogen and oxygen atoms in total. The second-order valence-corrected chi connectivity index (χ2v) is 7.19.